The highest BCUT2D eigenvalue weighted by molar-refractivity contribution is 7.83. The van der Waals surface area contributed by atoms with Crippen LogP contribution in [0.2, 0.25) is 0 Å². The Morgan fingerprint density at radius 1 is 1.26 bits per heavy atom. The molecule has 1 heterocycles. The largest absolute Gasteiger partial charge is 0.355 e. The highest BCUT2D eigenvalue weighted by Crippen LogP contribution is 2.63. The maximum Gasteiger partial charge on any atom is 0.249 e. The van der Waals surface area contributed by atoms with Crippen LogP contribution in [0.5, 0.6) is 0 Å². The lowest BCUT2D eigenvalue weighted by Crippen LogP contribution is -2.58. The van der Waals surface area contributed by atoms with Gasteiger partial charge in [0.2, 0.25) is 11.8 Å². The minimum atomic E-state index is -2.49. The predicted octanol–water partition coefficient (Wildman–Crippen LogP) is 2.29. The lowest BCUT2D eigenvalue weighted by Gasteiger charge is -2.57. The van der Waals surface area contributed by atoms with E-state index >= 15 is 0 Å². The lowest BCUT2D eigenvalue weighted by atomic mass is 9.54. The first kappa shape index (κ1) is 17.5. The Balaban J connectivity index is 1.37. The van der Waals surface area contributed by atoms with Crippen LogP contribution in [0.4, 0.5) is 8.78 Å². The molecule has 0 bridgehead atoms. The maximum atomic E-state index is 13.0. The van der Waals surface area contributed by atoms with Crippen molar-refractivity contribution in [3.63, 3.8) is 0 Å². The highest BCUT2D eigenvalue weighted by atomic mass is 35.5. The minimum Gasteiger partial charge on any atom is -0.355 e. The fourth-order valence-electron chi connectivity index (χ4n) is 4.19. The van der Waals surface area contributed by atoms with E-state index in [0.29, 0.717) is 25.3 Å². The summed E-state index contributed by atoms with van der Waals surface area (Å²) in [6.45, 7) is 2.11. The summed E-state index contributed by atoms with van der Waals surface area (Å²) in [4.78, 5) is 11.1. The molecule has 1 unspecified atom stereocenters. The average molecular weight is 369 g/mol. The molecule has 1 amide bonds. The molecule has 132 valence electrons. The summed E-state index contributed by atoms with van der Waals surface area (Å²) < 4.78 is 40.6. The molecule has 4 nitrogen and oxygen atoms in total. The van der Waals surface area contributed by atoms with E-state index in [4.69, 9.17) is 11.6 Å². The summed E-state index contributed by atoms with van der Waals surface area (Å²) in [5, 5.41) is 2.84. The van der Waals surface area contributed by atoms with Crippen LogP contribution in [-0.2, 0) is 15.8 Å². The topological polar surface area (TPSA) is 49.4 Å². The van der Waals surface area contributed by atoms with E-state index in [1.165, 1.54) is 0 Å². The zero-order valence-electron chi connectivity index (χ0n) is 13.0. The molecule has 0 aromatic heterocycles. The second kappa shape index (κ2) is 6.56. The molecular formula is C15H23ClF2N2O2S. The second-order valence-corrected chi connectivity index (χ2v) is 9.33. The molecular weight excluding hydrogens is 346 g/mol. The Bertz CT molecular complexity index is 482. The second-order valence-electron chi connectivity index (χ2n) is 7.33. The number of rotatable bonds is 5. The highest BCUT2D eigenvalue weighted by Gasteiger charge is 2.63. The van der Waals surface area contributed by atoms with Gasteiger partial charge in [0.15, 0.2) is 0 Å². The van der Waals surface area contributed by atoms with Gasteiger partial charge in [-0.2, -0.15) is 0 Å². The van der Waals surface area contributed by atoms with Crippen LogP contribution >= 0.6 is 11.6 Å². The molecule has 1 atom stereocenters. The zero-order valence-corrected chi connectivity index (χ0v) is 14.6. The molecule has 0 radical (unpaired) electrons. The zero-order chi connectivity index (χ0) is 16.7. The van der Waals surface area contributed by atoms with Gasteiger partial charge in [-0.25, -0.2) is 17.3 Å². The molecule has 1 saturated heterocycles. The van der Waals surface area contributed by atoms with Crippen molar-refractivity contribution >= 4 is 28.5 Å². The van der Waals surface area contributed by atoms with Gasteiger partial charge in [-0.1, -0.05) is 0 Å². The quantitative estimate of drug-likeness (QED) is 0.757. The Morgan fingerprint density at radius 2 is 1.87 bits per heavy atom. The summed E-state index contributed by atoms with van der Waals surface area (Å²) in [5.41, 5.74) is -0.214. The van der Waals surface area contributed by atoms with Crippen molar-refractivity contribution in [3.05, 3.63) is 0 Å². The fraction of sp³-hybridized carbons (Fsp3) is 0.933. The normalized spacial score (nSPS) is 28.8. The summed E-state index contributed by atoms with van der Waals surface area (Å²) in [7, 11) is -1.05. The smallest absolute Gasteiger partial charge is 0.249 e. The third kappa shape index (κ3) is 3.87. The third-order valence-corrected chi connectivity index (χ3v) is 7.43. The first-order chi connectivity index (χ1) is 10.8. The maximum absolute atomic E-state index is 13.0. The number of amides is 1. The molecule has 2 aliphatic carbocycles. The van der Waals surface area contributed by atoms with Crippen molar-refractivity contribution in [2.24, 2.45) is 11.3 Å². The first-order valence-corrected chi connectivity index (χ1v) is 9.89. The third-order valence-electron chi connectivity index (χ3n) is 5.41. The van der Waals surface area contributed by atoms with E-state index in [2.05, 4.69) is 5.32 Å². The van der Waals surface area contributed by atoms with E-state index in [-0.39, 0.29) is 35.3 Å². The molecule has 3 fully saturated rings. The summed E-state index contributed by atoms with van der Waals surface area (Å²) >= 11 is 5.44. The fourth-order valence-corrected chi connectivity index (χ4v) is 6.27. The van der Waals surface area contributed by atoms with Crippen molar-refractivity contribution in [1.82, 2.24) is 9.62 Å². The Labute approximate surface area is 142 Å². The molecule has 2 saturated carbocycles. The molecule has 3 aliphatic rings. The standard InChI is InChI=1S/C15H23ClF2N2O2S/c16-7-13(21)19-8-11-1-3-20(4-2-11)23(22)12-5-14(6-12)9-15(17,18)10-14/h11-12H,1-10H2,(H,19,21). The number of alkyl halides is 3. The monoisotopic (exact) mass is 368 g/mol. The Hall–Kier alpha value is -0.270. The van der Waals surface area contributed by atoms with Gasteiger partial charge in [-0.15, -0.1) is 11.6 Å². The Kier molecular flexibility index (Phi) is 5.01. The van der Waals surface area contributed by atoms with E-state index in [1.54, 1.807) is 0 Å². The molecule has 1 aliphatic heterocycles. The van der Waals surface area contributed by atoms with Crippen LogP contribution in [0, 0.1) is 11.3 Å². The number of carbonyl (C=O) groups excluding carboxylic acids is 1. The molecule has 1 spiro atoms. The van der Waals surface area contributed by atoms with Gasteiger partial charge >= 0.3 is 0 Å². The van der Waals surface area contributed by atoms with Crippen molar-refractivity contribution in [2.45, 2.75) is 49.7 Å². The molecule has 8 heteroatoms. The van der Waals surface area contributed by atoms with Crippen LogP contribution in [0.15, 0.2) is 0 Å². The summed E-state index contributed by atoms with van der Waals surface area (Å²) in [5.74, 6) is -2.27. The van der Waals surface area contributed by atoms with Gasteiger partial charge in [0.25, 0.3) is 0 Å². The number of hydrogen-bond acceptors (Lipinski definition) is 2. The van der Waals surface area contributed by atoms with Crippen LogP contribution < -0.4 is 5.32 Å². The Morgan fingerprint density at radius 3 is 2.39 bits per heavy atom. The van der Waals surface area contributed by atoms with Gasteiger partial charge in [0.05, 0.1) is 16.2 Å². The van der Waals surface area contributed by atoms with Gasteiger partial charge < -0.3 is 5.32 Å². The van der Waals surface area contributed by atoms with E-state index in [1.807, 2.05) is 4.31 Å². The van der Waals surface area contributed by atoms with Crippen molar-refractivity contribution < 1.29 is 17.8 Å². The van der Waals surface area contributed by atoms with Gasteiger partial charge in [0, 0.05) is 32.5 Å². The number of piperidine rings is 1. The SMILES string of the molecule is O=C(CCl)NCC1CCN(S(=O)C2CC3(C2)CC(F)(F)C3)CC1. The lowest BCUT2D eigenvalue weighted by molar-refractivity contribution is -0.188. The van der Waals surface area contributed by atoms with Crippen molar-refractivity contribution in [1.29, 1.82) is 0 Å². The summed E-state index contributed by atoms with van der Waals surface area (Å²) in [6.07, 6.45) is 3.11. The molecule has 1 N–H and O–H groups in total. The number of hydrogen-bond donors (Lipinski definition) is 1. The average Bonchev–Trinajstić information content (AvgIpc) is 2.47. The number of halogens is 3. The van der Waals surface area contributed by atoms with Gasteiger partial charge in [-0.05, 0) is 37.0 Å². The summed E-state index contributed by atoms with van der Waals surface area (Å²) in [6, 6.07) is 0. The van der Waals surface area contributed by atoms with Crippen molar-refractivity contribution in [3.8, 4) is 0 Å². The van der Waals surface area contributed by atoms with E-state index in [0.717, 1.165) is 25.9 Å². The van der Waals surface area contributed by atoms with E-state index < -0.39 is 16.9 Å². The number of nitrogens with one attached hydrogen (secondary N) is 1. The number of carbonyl (C=O) groups is 1. The van der Waals surface area contributed by atoms with Gasteiger partial charge in [-0.3, -0.25) is 4.79 Å². The van der Waals surface area contributed by atoms with Crippen molar-refractivity contribution in [2.75, 3.05) is 25.5 Å². The molecule has 23 heavy (non-hydrogen) atoms. The van der Waals surface area contributed by atoms with Crippen LogP contribution in [0.3, 0.4) is 0 Å². The van der Waals surface area contributed by atoms with Crippen LogP contribution in [-0.4, -0.2) is 51.1 Å². The number of nitrogens with zero attached hydrogens (tertiary/aromatic N) is 1. The predicted molar refractivity (Wildman–Crippen MR) is 85.8 cm³/mol. The molecule has 0 aromatic carbocycles. The molecule has 3 rings (SSSR count). The van der Waals surface area contributed by atoms with Gasteiger partial charge in [0.1, 0.15) is 5.88 Å². The van der Waals surface area contributed by atoms with Crippen LogP contribution in [0.25, 0.3) is 0 Å². The van der Waals surface area contributed by atoms with E-state index in [9.17, 15) is 17.8 Å². The first-order valence-electron chi connectivity index (χ1n) is 8.19. The molecule has 0 aromatic rings. The minimum absolute atomic E-state index is 0.0178. The van der Waals surface area contributed by atoms with Crippen LogP contribution in [0.1, 0.15) is 38.5 Å².